The van der Waals surface area contributed by atoms with E-state index in [0.29, 0.717) is 17.1 Å². The highest BCUT2D eigenvalue weighted by molar-refractivity contribution is 9.10. The molecule has 1 aliphatic rings. The highest BCUT2D eigenvalue weighted by Crippen LogP contribution is 2.25. The van der Waals surface area contributed by atoms with E-state index in [0.717, 1.165) is 16.5 Å². The normalized spacial score (nSPS) is 15.0. The number of allylic oxidation sites excluding steroid dienone is 6. The van der Waals surface area contributed by atoms with E-state index in [1.165, 1.54) is 0 Å². The summed E-state index contributed by atoms with van der Waals surface area (Å²) in [5.41, 5.74) is 2.40. The molecule has 0 saturated carbocycles. The quantitative estimate of drug-likeness (QED) is 0.799. The molecule has 3 nitrogen and oxygen atoms in total. The van der Waals surface area contributed by atoms with Gasteiger partial charge in [0.05, 0.1) is 0 Å². The van der Waals surface area contributed by atoms with E-state index in [4.69, 9.17) is 4.42 Å². The van der Waals surface area contributed by atoms with Gasteiger partial charge in [0.1, 0.15) is 0 Å². The van der Waals surface area contributed by atoms with Gasteiger partial charge in [-0.2, -0.15) is 4.98 Å². The van der Waals surface area contributed by atoms with Crippen molar-refractivity contribution in [2.24, 2.45) is 0 Å². The second-order valence-electron chi connectivity index (χ2n) is 3.70. The van der Waals surface area contributed by atoms with Gasteiger partial charge in [0, 0.05) is 22.3 Å². The number of hydrogen-bond donors (Lipinski definition) is 0. The largest absolute Gasteiger partial charge is 0.435 e. The molecule has 0 amide bonds. The monoisotopic (exact) mass is 288 g/mol. The van der Waals surface area contributed by atoms with Crippen molar-refractivity contribution in [3.05, 3.63) is 53.0 Å². The van der Waals surface area contributed by atoms with Crippen LogP contribution in [-0.2, 0) is 0 Å². The van der Waals surface area contributed by atoms with Crippen molar-refractivity contribution >= 4 is 32.7 Å². The molecule has 0 spiro atoms. The Morgan fingerprint density at radius 1 is 1.24 bits per heavy atom. The number of hydrogen-bond acceptors (Lipinski definition) is 3. The first-order valence-electron chi connectivity index (χ1n) is 5.28. The fourth-order valence-electron chi connectivity index (χ4n) is 1.67. The van der Waals surface area contributed by atoms with E-state index in [-0.39, 0.29) is 0 Å². The number of pyridine rings is 1. The lowest BCUT2D eigenvalue weighted by Crippen LogP contribution is -1.82. The van der Waals surface area contributed by atoms with Crippen LogP contribution in [0.4, 0.5) is 0 Å². The zero-order chi connectivity index (χ0) is 11.7. The zero-order valence-corrected chi connectivity index (χ0v) is 10.5. The molecule has 0 aliphatic heterocycles. The van der Waals surface area contributed by atoms with Crippen molar-refractivity contribution in [2.75, 3.05) is 0 Å². The molecule has 0 aromatic carbocycles. The molecule has 1 aliphatic carbocycles. The average Bonchev–Trinajstić information content (AvgIpc) is 2.57. The van der Waals surface area contributed by atoms with Crippen molar-refractivity contribution in [1.29, 1.82) is 0 Å². The number of rotatable bonds is 1. The van der Waals surface area contributed by atoms with Gasteiger partial charge < -0.3 is 4.42 Å². The number of fused-ring (bicyclic) bond motifs is 1. The average molecular weight is 289 g/mol. The van der Waals surface area contributed by atoms with Crippen LogP contribution in [0.3, 0.4) is 0 Å². The predicted molar refractivity (Wildman–Crippen MR) is 70.4 cm³/mol. The number of aromatic nitrogens is 2. The Morgan fingerprint density at radius 2 is 2.18 bits per heavy atom. The summed E-state index contributed by atoms with van der Waals surface area (Å²) in [6, 6.07) is 1.88. The Bertz CT molecular complexity index is 652. The highest BCUT2D eigenvalue weighted by atomic mass is 79.9. The third kappa shape index (κ3) is 2.08. The summed E-state index contributed by atoms with van der Waals surface area (Å²) in [5, 5.41) is 0. The predicted octanol–water partition coefficient (Wildman–Crippen LogP) is 3.88. The Balaban J connectivity index is 2.09. The summed E-state index contributed by atoms with van der Waals surface area (Å²) in [6.07, 6.45) is 12.6. The second kappa shape index (κ2) is 4.30. The van der Waals surface area contributed by atoms with E-state index >= 15 is 0 Å². The molecule has 2 aromatic rings. The van der Waals surface area contributed by atoms with Gasteiger partial charge in [-0.3, -0.25) is 0 Å². The molecule has 0 atom stereocenters. The molecular formula is C13H9BrN2O. The molecular weight excluding hydrogens is 280 g/mol. The summed E-state index contributed by atoms with van der Waals surface area (Å²) >= 11 is 3.36. The van der Waals surface area contributed by atoms with Crippen LogP contribution < -0.4 is 0 Å². The van der Waals surface area contributed by atoms with E-state index in [1.807, 2.05) is 30.4 Å². The van der Waals surface area contributed by atoms with Crippen molar-refractivity contribution in [1.82, 2.24) is 9.97 Å². The van der Waals surface area contributed by atoms with Crippen LogP contribution in [0.15, 0.2) is 51.5 Å². The van der Waals surface area contributed by atoms with E-state index in [1.54, 1.807) is 6.20 Å². The van der Waals surface area contributed by atoms with Crippen LogP contribution in [0.5, 0.6) is 0 Å². The minimum absolute atomic E-state index is 0.640. The molecule has 0 radical (unpaired) electrons. The van der Waals surface area contributed by atoms with Gasteiger partial charge in [0.2, 0.25) is 5.89 Å². The fraction of sp³-hybridized carbons (Fsp3) is 0.0769. The first-order chi connectivity index (χ1) is 8.33. The van der Waals surface area contributed by atoms with Crippen LogP contribution >= 0.6 is 15.9 Å². The highest BCUT2D eigenvalue weighted by Gasteiger charge is 2.11. The molecule has 2 aromatic heterocycles. The molecule has 0 saturated heterocycles. The van der Waals surface area contributed by atoms with Crippen LogP contribution in [0, 0.1) is 0 Å². The molecule has 0 unspecified atom stereocenters. The Kier molecular flexibility index (Phi) is 2.65. The molecule has 3 rings (SSSR count). The maximum atomic E-state index is 5.70. The molecule has 2 heterocycles. The van der Waals surface area contributed by atoms with Crippen molar-refractivity contribution in [3.8, 4) is 0 Å². The smallest absolute Gasteiger partial charge is 0.225 e. The van der Waals surface area contributed by atoms with Gasteiger partial charge in [-0.05, 0) is 22.4 Å². The van der Waals surface area contributed by atoms with E-state index in [2.05, 4.69) is 32.0 Å². The molecule has 0 fully saturated rings. The molecule has 17 heavy (non-hydrogen) atoms. The molecule has 4 heteroatoms. The minimum Gasteiger partial charge on any atom is -0.435 e. The maximum absolute atomic E-state index is 5.70. The van der Waals surface area contributed by atoms with Gasteiger partial charge >= 0.3 is 0 Å². The third-order valence-electron chi connectivity index (χ3n) is 2.48. The number of nitrogens with zero attached hydrogens (tertiary/aromatic N) is 2. The topological polar surface area (TPSA) is 38.9 Å². The standard InChI is InChI=1S/C13H9BrN2O/c14-10-7-11-12(15-8-10)16-13(17-11)9-5-3-1-2-4-6-9/h1-5,7-8H,6H2. The Labute approximate surface area is 107 Å². The summed E-state index contributed by atoms with van der Waals surface area (Å²) in [5.74, 6) is 0.641. The van der Waals surface area contributed by atoms with Gasteiger partial charge in [-0.15, -0.1) is 0 Å². The lowest BCUT2D eigenvalue weighted by Gasteiger charge is -1.95. The zero-order valence-electron chi connectivity index (χ0n) is 8.93. The molecule has 84 valence electrons. The van der Waals surface area contributed by atoms with Crippen molar-refractivity contribution in [2.45, 2.75) is 6.42 Å². The molecule has 0 bridgehead atoms. The van der Waals surface area contributed by atoms with Crippen LogP contribution in [0.1, 0.15) is 12.3 Å². The first-order valence-corrected chi connectivity index (χ1v) is 6.07. The van der Waals surface area contributed by atoms with E-state index < -0.39 is 0 Å². The van der Waals surface area contributed by atoms with Crippen LogP contribution in [0.2, 0.25) is 0 Å². The van der Waals surface area contributed by atoms with Crippen molar-refractivity contribution in [3.63, 3.8) is 0 Å². The summed E-state index contributed by atoms with van der Waals surface area (Å²) < 4.78 is 6.60. The van der Waals surface area contributed by atoms with Gasteiger partial charge in [-0.1, -0.05) is 30.4 Å². The summed E-state index contributed by atoms with van der Waals surface area (Å²) in [6.45, 7) is 0. The minimum atomic E-state index is 0.640. The Hall–Kier alpha value is -1.68. The SMILES string of the molecule is Brc1cnc2nc(C3=CC=CC=CC3)oc2c1. The van der Waals surface area contributed by atoms with E-state index in [9.17, 15) is 0 Å². The number of halogens is 1. The van der Waals surface area contributed by atoms with Crippen molar-refractivity contribution < 1.29 is 4.42 Å². The molecule has 0 N–H and O–H groups in total. The van der Waals surface area contributed by atoms with Crippen LogP contribution in [0.25, 0.3) is 16.8 Å². The number of oxazole rings is 1. The second-order valence-corrected chi connectivity index (χ2v) is 4.62. The van der Waals surface area contributed by atoms with Gasteiger partial charge in [0.25, 0.3) is 0 Å². The summed E-state index contributed by atoms with van der Waals surface area (Å²) in [4.78, 5) is 8.59. The fourth-order valence-corrected chi connectivity index (χ4v) is 1.98. The first kappa shape index (κ1) is 10.5. The van der Waals surface area contributed by atoms with Gasteiger partial charge in [-0.25, -0.2) is 4.98 Å². The third-order valence-corrected chi connectivity index (χ3v) is 2.92. The maximum Gasteiger partial charge on any atom is 0.225 e. The lowest BCUT2D eigenvalue weighted by atomic mass is 10.2. The van der Waals surface area contributed by atoms with Gasteiger partial charge in [0.15, 0.2) is 11.2 Å². The lowest BCUT2D eigenvalue weighted by molar-refractivity contribution is 0.582. The summed E-state index contributed by atoms with van der Waals surface area (Å²) in [7, 11) is 0. The van der Waals surface area contributed by atoms with Crippen LogP contribution in [-0.4, -0.2) is 9.97 Å². The Morgan fingerprint density at radius 3 is 3.12 bits per heavy atom.